The monoisotopic (exact) mass is 469 g/mol. The number of ether oxygens (including phenoxy) is 1. The Morgan fingerprint density at radius 3 is 2.62 bits per heavy atom. The molecule has 0 unspecified atom stereocenters. The molecule has 3 heterocycles. The minimum atomic E-state index is -0.696. The Hall–Kier alpha value is -4.09. The number of nitrogens with two attached hydrogens (primary N) is 1. The van der Waals surface area contributed by atoms with Gasteiger partial charge in [-0.3, -0.25) is 15.0 Å². The highest BCUT2D eigenvalue weighted by Crippen LogP contribution is 2.26. The Morgan fingerprint density at radius 2 is 1.97 bits per heavy atom. The normalized spacial score (nSPS) is 15.3. The lowest BCUT2D eigenvalue weighted by atomic mass is 10.1. The second-order valence-corrected chi connectivity index (χ2v) is 8.08. The van der Waals surface area contributed by atoms with Crippen molar-refractivity contribution in [1.82, 2.24) is 14.9 Å². The number of anilines is 1. The minimum Gasteiger partial charge on any atom is -0.460 e. The summed E-state index contributed by atoms with van der Waals surface area (Å²) in [6.45, 7) is 3.42. The molecule has 2 aliphatic rings. The number of rotatable bonds is 8. The maximum atomic E-state index is 14.9. The number of nitrogens with zero attached hydrogens (tertiary/aromatic N) is 5. The van der Waals surface area contributed by atoms with Crippen LogP contribution >= 0.6 is 0 Å². The summed E-state index contributed by atoms with van der Waals surface area (Å²) in [6, 6.07) is 4.75. The molecule has 2 saturated heterocycles. The molecule has 12 heteroatoms. The average Bonchev–Trinajstić information content (AvgIpc) is 2.72. The molecule has 3 N–H and O–H groups in total. The zero-order valence-corrected chi connectivity index (χ0v) is 18.5. The number of oxime groups is 1. The molecular weight excluding hydrogens is 445 g/mol. The Balaban J connectivity index is 1.31. The SMILES string of the molecule is CC(=O)N1CC(ON=C2CN(c3ncc(-c4cccc(COC(=O)CC(=N)N)c4F)cn3)C2)C1. The highest BCUT2D eigenvalue weighted by Gasteiger charge is 2.31. The number of nitrogens with one attached hydrogen (secondary N) is 1. The largest absolute Gasteiger partial charge is 0.460 e. The molecule has 0 bridgehead atoms. The molecular formula is C22H24FN7O4. The van der Waals surface area contributed by atoms with Crippen molar-refractivity contribution >= 4 is 29.4 Å². The van der Waals surface area contributed by atoms with Crippen LogP contribution in [0.25, 0.3) is 11.1 Å². The molecule has 1 amide bonds. The highest BCUT2D eigenvalue weighted by molar-refractivity contribution is 5.98. The van der Waals surface area contributed by atoms with Gasteiger partial charge in [-0.25, -0.2) is 14.4 Å². The number of aromatic nitrogens is 2. The molecule has 11 nitrogen and oxygen atoms in total. The number of esters is 1. The molecule has 0 spiro atoms. The van der Waals surface area contributed by atoms with Crippen LogP contribution in [-0.2, 0) is 25.8 Å². The van der Waals surface area contributed by atoms with E-state index in [4.69, 9.17) is 20.7 Å². The smallest absolute Gasteiger partial charge is 0.313 e. The first-order valence-electron chi connectivity index (χ1n) is 10.6. The van der Waals surface area contributed by atoms with E-state index in [0.29, 0.717) is 37.7 Å². The van der Waals surface area contributed by atoms with Crippen molar-refractivity contribution in [2.45, 2.75) is 26.1 Å². The fourth-order valence-corrected chi connectivity index (χ4v) is 3.41. The Labute approximate surface area is 194 Å². The van der Waals surface area contributed by atoms with Crippen molar-refractivity contribution < 1.29 is 23.6 Å². The standard InChI is InChI=1S/C22H24FN7O4/c1-13(31)29-10-17(11-29)34-28-16-8-30(9-16)22-26-6-15(7-27-22)18-4-2-3-14(21(18)23)12-33-20(32)5-19(24)25/h2-4,6-7,17H,5,8-12H2,1H3,(H3,24,25). The zero-order valence-electron chi connectivity index (χ0n) is 18.5. The van der Waals surface area contributed by atoms with E-state index >= 15 is 0 Å². The van der Waals surface area contributed by atoms with E-state index in [9.17, 15) is 14.0 Å². The van der Waals surface area contributed by atoms with Crippen molar-refractivity contribution in [1.29, 1.82) is 5.41 Å². The summed E-state index contributed by atoms with van der Waals surface area (Å²) in [6.07, 6.45) is 2.65. The molecule has 2 fully saturated rings. The first kappa shape index (κ1) is 23.1. The van der Waals surface area contributed by atoms with Gasteiger partial charge in [-0.2, -0.15) is 0 Å². The fourth-order valence-electron chi connectivity index (χ4n) is 3.41. The van der Waals surface area contributed by atoms with Crippen LogP contribution in [-0.4, -0.2) is 70.6 Å². The van der Waals surface area contributed by atoms with Gasteiger partial charge < -0.3 is 25.1 Å². The molecule has 1 aromatic carbocycles. The lowest BCUT2D eigenvalue weighted by Crippen LogP contribution is -2.54. The Kier molecular flexibility index (Phi) is 6.66. The van der Waals surface area contributed by atoms with Crippen LogP contribution in [0, 0.1) is 11.2 Å². The summed E-state index contributed by atoms with van der Waals surface area (Å²) in [4.78, 5) is 40.4. The lowest BCUT2D eigenvalue weighted by Gasteiger charge is -2.37. The number of likely N-dealkylation sites (tertiary alicyclic amines) is 1. The van der Waals surface area contributed by atoms with Crippen LogP contribution < -0.4 is 10.6 Å². The summed E-state index contributed by atoms with van der Waals surface area (Å²) >= 11 is 0. The summed E-state index contributed by atoms with van der Waals surface area (Å²) in [5.41, 5.74) is 6.98. The molecule has 4 rings (SSSR count). The topological polar surface area (TPSA) is 147 Å². The number of amides is 1. The van der Waals surface area contributed by atoms with E-state index in [1.54, 1.807) is 17.0 Å². The maximum Gasteiger partial charge on any atom is 0.313 e. The highest BCUT2D eigenvalue weighted by atomic mass is 19.1. The first-order valence-corrected chi connectivity index (χ1v) is 10.6. The van der Waals surface area contributed by atoms with Crippen molar-refractivity contribution in [2.24, 2.45) is 10.9 Å². The van der Waals surface area contributed by atoms with Gasteiger partial charge in [0.25, 0.3) is 0 Å². The molecule has 34 heavy (non-hydrogen) atoms. The van der Waals surface area contributed by atoms with Gasteiger partial charge in [-0.05, 0) is 0 Å². The number of hydrogen-bond acceptors (Lipinski definition) is 9. The van der Waals surface area contributed by atoms with Gasteiger partial charge in [0.2, 0.25) is 11.9 Å². The van der Waals surface area contributed by atoms with Crippen LogP contribution in [0.5, 0.6) is 0 Å². The molecule has 0 aliphatic carbocycles. The average molecular weight is 469 g/mol. The van der Waals surface area contributed by atoms with Crippen LogP contribution in [0.1, 0.15) is 18.9 Å². The molecule has 178 valence electrons. The summed E-state index contributed by atoms with van der Waals surface area (Å²) in [5.74, 6) is -1.03. The van der Waals surface area contributed by atoms with Gasteiger partial charge in [-0.15, -0.1) is 0 Å². The van der Waals surface area contributed by atoms with Gasteiger partial charge in [0.05, 0.1) is 31.9 Å². The van der Waals surface area contributed by atoms with Gasteiger partial charge in [0, 0.05) is 36.0 Å². The lowest BCUT2D eigenvalue weighted by molar-refractivity contribution is -0.143. The number of benzene rings is 1. The maximum absolute atomic E-state index is 14.9. The van der Waals surface area contributed by atoms with Crippen molar-refractivity contribution in [3.63, 3.8) is 0 Å². The van der Waals surface area contributed by atoms with E-state index in [2.05, 4.69) is 15.1 Å². The van der Waals surface area contributed by atoms with Crippen LogP contribution in [0.15, 0.2) is 35.7 Å². The molecule has 0 atom stereocenters. The zero-order chi connectivity index (χ0) is 24.2. The summed E-state index contributed by atoms with van der Waals surface area (Å²) < 4.78 is 19.9. The molecule has 1 aromatic heterocycles. The van der Waals surface area contributed by atoms with E-state index < -0.39 is 11.8 Å². The summed E-state index contributed by atoms with van der Waals surface area (Å²) in [7, 11) is 0. The third-order valence-electron chi connectivity index (χ3n) is 5.41. The predicted octanol–water partition coefficient (Wildman–Crippen LogP) is 1.08. The van der Waals surface area contributed by atoms with Crippen molar-refractivity contribution in [3.05, 3.63) is 42.0 Å². The van der Waals surface area contributed by atoms with Gasteiger partial charge in [0.15, 0.2) is 6.10 Å². The van der Waals surface area contributed by atoms with Crippen LogP contribution in [0.2, 0.25) is 0 Å². The number of hydrogen-bond donors (Lipinski definition) is 2. The number of carbonyl (C=O) groups is 2. The summed E-state index contributed by atoms with van der Waals surface area (Å²) in [5, 5.41) is 11.2. The molecule has 2 aromatic rings. The van der Waals surface area contributed by atoms with Crippen LogP contribution in [0.4, 0.5) is 10.3 Å². The molecule has 0 radical (unpaired) electrons. The number of amidine groups is 1. The molecule has 2 aliphatic heterocycles. The molecule has 0 saturated carbocycles. The number of carbonyl (C=O) groups excluding carboxylic acids is 2. The fraction of sp³-hybridized carbons (Fsp3) is 0.364. The second-order valence-electron chi connectivity index (χ2n) is 8.08. The first-order chi connectivity index (χ1) is 16.3. The van der Waals surface area contributed by atoms with Crippen molar-refractivity contribution in [3.8, 4) is 11.1 Å². The van der Waals surface area contributed by atoms with E-state index in [0.717, 1.165) is 5.71 Å². The second kappa shape index (κ2) is 9.81. The minimum absolute atomic E-state index is 0.0302. The van der Waals surface area contributed by atoms with Crippen molar-refractivity contribution in [2.75, 3.05) is 31.1 Å². The number of halogens is 1. The Bertz CT molecular complexity index is 1120. The third kappa shape index (κ3) is 5.27. The third-order valence-corrected chi connectivity index (χ3v) is 5.41. The van der Waals surface area contributed by atoms with E-state index in [1.807, 2.05) is 4.90 Å². The van der Waals surface area contributed by atoms with Gasteiger partial charge in [0.1, 0.15) is 24.7 Å². The van der Waals surface area contributed by atoms with Crippen LogP contribution in [0.3, 0.4) is 0 Å². The Morgan fingerprint density at radius 1 is 1.26 bits per heavy atom. The van der Waals surface area contributed by atoms with Gasteiger partial charge in [-0.1, -0.05) is 23.4 Å². The van der Waals surface area contributed by atoms with E-state index in [1.165, 1.54) is 25.4 Å². The van der Waals surface area contributed by atoms with E-state index in [-0.39, 0.29) is 42.0 Å². The predicted molar refractivity (Wildman–Crippen MR) is 121 cm³/mol. The van der Waals surface area contributed by atoms with Gasteiger partial charge >= 0.3 is 5.97 Å². The quantitative estimate of drug-likeness (QED) is 0.253.